The highest BCUT2D eigenvalue weighted by molar-refractivity contribution is 7.99. The first-order valence-corrected chi connectivity index (χ1v) is 20.5. The molecule has 302 valence electrons. The average molecular weight is 764 g/mol. The van der Waals surface area contributed by atoms with Gasteiger partial charge in [0.05, 0.1) is 29.9 Å². The van der Waals surface area contributed by atoms with Gasteiger partial charge in [-0.3, -0.25) is 19.3 Å². The third-order valence-corrected chi connectivity index (χ3v) is 12.0. The normalized spacial score (nSPS) is 18.6. The standard InChI is InChI=1S/C40H69N5O7S/c1-14-27(6)36(44(11)39(49)34(25(2)3)41-38(48)35(26(4)5)42(8)9)32(51-12)24-33(47)45-21-16-19-31(45)37(53-13)28(7)52-40(50)43(10)22-20-29-17-15-18-30(46)23-29/h15,17-18,23,25-28,31-32,34-37,46H,14,16,19-22,24H2,1-13H3,(H,41,48). The van der Waals surface area contributed by atoms with Gasteiger partial charge in [-0.15, -0.1) is 0 Å². The van der Waals surface area contributed by atoms with Gasteiger partial charge in [-0.25, -0.2) is 4.79 Å². The van der Waals surface area contributed by atoms with Gasteiger partial charge in [-0.05, 0) is 82.0 Å². The molecule has 0 saturated carbocycles. The molecule has 0 spiro atoms. The average Bonchev–Trinajstić information content (AvgIpc) is 3.58. The van der Waals surface area contributed by atoms with E-state index in [4.69, 9.17) is 9.47 Å². The van der Waals surface area contributed by atoms with Crippen LogP contribution in [0.2, 0.25) is 0 Å². The lowest BCUT2D eigenvalue weighted by molar-refractivity contribution is -0.146. The molecule has 2 rings (SSSR count). The second-order valence-electron chi connectivity index (χ2n) is 15.6. The molecule has 8 atom stereocenters. The van der Waals surface area contributed by atoms with Gasteiger partial charge in [0.1, 0.15) is 17.9 Å². The van der Waals surface area contributed by atoms with Crippen molar-refractivity contribution in [1.29, 1.82) is 0 Å². The third kappa shape index (κ3) is 12.8. The Bertz CT molecular complexity index is 1320. The number of ether oxygens (including phenoxy) is 2. The van der Waals surface area contributed by atoms with Crippen LogP contribution in [0.1, 0.15) is 79.7 Å². The van der Waals surface area contributed by atoms with Crippen molar-refractivity contribution >= 4 is 35.6 Å². The summed E-state index contributed by atoms with van der Waals surface area (Å²) in [4.78, 5) is 61.9. The summed E-state index contributed by atoms with van der Waals surface area (Å²) >= 11 is 1.59. The molecule has 2 N–H and O–H groups in total. The van der Waals surface area contributed by atoms with Crippen molar-refractivity contribution in [2.24, 2.45) is 17.8 Å². The molecule has 1 aromatic carbocycles. The number of thioether (sulfide) groups is 1. The molecule has 1 heterocycles. The van der Waals surface area contributed by atoms with Crippen LogP contribution in [-0.2, 0) is 30.3 Å². The van der Waals surface area contributed by atoms with E-state index >= 15 is 0 Å². The van der Waals surface area contributed by atoms with Crippen LogP contribution in [0.15, 0.2) is 24.3 Å². The Kier molecular flexibility index (Phi) is 18.9. The van der Waals surface area contributed by atoms with Gasteiger partial charge >= 0.3 is 6.09 Å². The molecule has 1 aliphatic rings. The highest BCUT2D eigenvalue weighted by Gasteiger charge is 2.42. The van der Waals surface area contributed by atoms with E-state index < -0.39 is 30.4 Å². The smallest absolute Gasteiger partial charge is 0.409 e. The van der Waals surface area contributed by atoms with Crippen LogP contribution in [0.4, 0.5) is 4.79 Å². The Morgan fingerprint density at radius 3 is 2.23 bits per heavy atom. The van der Waals surface area contributed by atoms with Gasteiger partial charge in [0.2, 0.25) is 17.7 Å². The summed E-state index contributed by atoms with van der Waals surface area (Å²) in [6.07, 6.45) is 3.55. The van der Waals surface area contributed by atoms with Crippen LogP contribution >= 0.6 is 11.8 Å². The predicted octanol–water partition coefficient (Wildman–Crippen LogP) is 5.12. The number of carbonyl (C=O) groups excluding carboxylic acids is 4. The van der Waals surface area contributed by atoms with Crippen LogP contribution in [-0.4, -0.2) is 145 Å². The number of benzene rings is 1. The van der Waals surface area contributed by atoms with E-state index in [0.29, 0.717) is 19.5 Å². The summed E-state index contributed by atoms with van der Waals surface area (Å²) in [5.41, 5.74) is 0.923. The van der Waals surface area contributed by atoms with E-state index in [1.165, 1.54) is 4.90 Å². The predicted molar refractivity (Wildman–Crippen MR) is 213 cm³/mol. The van der Waals surface area contributed by atoms with Crippen LogP contribution < -0.4 is 5.32 Å². The summed E-state index contributed by atoms with van der Waals surface area (Å²) in [7, 11) is 8.76. The lowest BCUT2D eigenvalue weighted by atomic mass is 9.89. The second kappa shape index (κ2) is 21.8. The molecule has 0 aromatic heterocycles. The number of phenols is 1. The maximum absolute atomic E-state index is 14.2. The van der Waals surface area contributed by atoms with Crippen LogP contribution in [0, 0.1) is 17.8 Å². The van der Waals surface area contributed by atoms with Crippen molar-refractivity contribution in [3.63, 3.8) is 0 Å². The monoisotopic (exact) mass is 763 g/mol. The maximum atomic E-state index is 14.2. The van der Waals surface area contributed by atoms with Crippen molar-refractivity contribution in [2.75, 3.05) is 54.6 Å². The molecule has 1 aliphatic heterocycles. The first kappa shape index (κ1) is 46.1. The Balaban J connectivity index is 2.20. The molecule has 12 nitrogen and oxygen atoms in total. The van der Waals surface area contributed by atoms with Gasteiger partial charge in [-0.2, -0.15) is 11.8 Å². The Labute approximate surface area is 323 Å². The minimum Gasteiger partial charge on any atom is -0.508 e. The maximum Gasteiger partial charge on any atom is 0.409 e. The van der Waals surface area contributed by atoms with Gasteiger partial charge in [-0.1, -0.05) is 60.1 Å². The first-order chi connectivity index (χ1) is 24.9. The SMILES string of the molecule is CCC(C)C(C(CC(=O)N1CCCC1C(SC)C(C)OC(=O)N(C)CCc1cccc(O)c1)OC)N(C)C(=O)C(NC(=O)C(C(C)C)N(C)C)C(C)C. The van der Waals surface area contributed by atoms with Gasteiger partial charge in [0, 0.05) is 40.3 Å². The number of hydrogen-bond donors (Lipinski definition) is 2. The van der Waals surface area contributed by atoms with Crippen LogP contribution in [0.25, 0.3) is 0 Å². The quantitative estimate of drug-likeness (QED) is 0.186. The number of aromatic hydroxyl groups is 1. The molecule has 4 amide bonds. The third-order valence-electron chi connectivity index (χ3n) is 10.7. The molecule has 0 bridgehead atoms. The molecular weight excluding hydrogens is 695 g/mol. The number of nitrogens with zero attached hydrogens (tertiary/aromatic N) is 4. The summed E-state index contributed by atoms with van der Waals surface area (Å²) in [6.45, 7) is 14.9. The summed E-state index contributed by atoms with van der Waals surface area (Å²) in [5.74, 6) is -0.367. The van der Waals surface area contributed by atoms with E-state index in [1.54, 1.807) is 56.1 Å². The minimum absolute atomic E-state index is 0.00716. The molecule has 1 fully saturated rings. The van der Waals surface area contributed by atoms with Crippen molar-refractivity contribution < 1.29 is 33.8 Å². The largest absolute Gasteiger partial charge is 0.508 e. The lowest BCUT2D eigenvalue weighted by Crippen LogP contribution is -2.59. The van der Waals surface area contributed by atoms with Crippen molar-refractivity contribution in [3.8, 4) is 5.75 Å². The minimum atomic E-state index is -0.742. The zero-order valence-corrected chi connectivity index (χ0v) is 35.4. The zero-order valence-electron chi connectivity index (χ0n) is 34.6. The van der Waals surface area contributed by atoms with E-state index in [1.807, 2.05) is 70.8 Å². The lowest BCUT2D eigenvalue weighted by Gasteiger charge is -2.41. The van der Waals surface area contributed by atoms with Crippen molar-refractivity contribution in [1.82, 2.24) is 24.9 Å². The van der Waals surface area contributed by atoms with Crippen LogP contribution in [0.3, 0.4) is 0 Å². The van der Waals surface area contributed by atoms with Gasteiger partial charge in [0.25, 0.3) is 0 Å². The summed E-state index contributed by atoms with van der Waals surface area (Å²) in [6, 6.07) is 5.30. The summed E-state index contributed by atoms with van der Waals surface area (Å²) < 4.78 is 12.0. The fraction of sp³-hybridized carbons (Fsp3) is 0.750. The number of rotatable bonds is 20. The number of phenolic OH excluding ortho intramolecular Hbond substituents is 1. The molecule has 0 aliphatic carbocycles. The Morgan fingerprint density at radius 2 is 1.70 bits per heavy atom. The number of likely N-dealkylation sites (N-methyl/N-ethyl adjacent to an activating group) is 3. The molecule has 13 heteroatoms. The van der Waals surface area contributed by atoms with E-state index in [9.17, 15) is 24.3 Å². The topological polar surface area (TPSA) is 132 Å². The van der Waals surface area contributed by atoms with E-state index in [0.717, 1.165) is 24.8 Å². The molecule has 1 aromatic rings. The zero-order chi connectivity index (χ0) is 40.2. The first-order valence-electron chi connectivity index (χ1n) is 19.2. The number of amides is 4. The number of nitrogens with one attached hydrogen (secondary N) is 1. The number of likely N-dealkylation sites (tertiary alicyclic amines) is 1. The van der Waals surface area contributed by atoms with Gasteiger partial charge in [0.15, 0.2) is 0 Å². The molecule has 0 radical (unpaired) electrons. The highest BCUT2D eigenvalue weighted by Crippen LogP contribution is 2.32. The highest BCUT2D eigenvalue weighted by atomic mass is 32.2. The molecule has 1 saturated heterocycles. The summed E-state index contributed by atoms with van der Waals surface area (Å²) in [5, 5.41) is 12.7. The fourth-order valence-corrected chi connectivity index (χ4v) is 8.68. The molecule has 53 heavy (non-hydrogen) atoms. The van der Waals surface area contributed by atoms with E-state index in [-0.39, 0.29) is 65.0 Å². The van der Waals surface area contributed by atoms with E-state index in [2.05, 4.69) is 19.2 Å². The molecule has 8 unspecified atom stereocenters. The fourth-order valence-electron chi connectivity index (χ4n) is 7.65. The Hall–Kier alpha value is -3.03. The van der Waals surface area contributed by atoms with Crippen LogP contribution in [0.5, 0.6) is 5.75 Å². The van der Waals surface area contributed by atoms with Crippen molar-refractivity contribution in [3.05, 3.63) is 29.8 Å². The van der Waals surface area contributed by atoms with Crippen molar-refractivity contribution in [2.45, 2.75) is 122 Å². The number of hydrogen-bond acceptors (Lipinski definition) is 9. The Morgan fingerprint density at radius 1 is 1.04 bits per heavy atom. The number of carbonyl (C=O) groups is 4. The number of methoxy groups -OCH3 is 1. The second-order valence-corrected chi connectivity index (χ2v) is 16.6. The molecular formula is C40H69N5O7S. The van der Waals surface area contributed by atoms with Gasteiger partial charge < -0.3 is 34.6 Å².